The normalized spacial score (nSPS) is 24.2. The van der Waals surface area contributed by atoms with Crippen molar-refractivity contribution >= 4 is 29.8 Å². The van der Waals surface area contributed by atoms with Gasteiger partial charge in [-0.2, -0.15) is 0 Å². The lowest BCUT2D eigenvalue weighted by Gasteiger charge is -2.44. The van der Waals surface area contributed by atoms with Crippen LogP contribution in [0.2, 0.25) is 0 Å². The van der Waals surface area contributed by atoms with Gasteiger partial charge in [0.2, 0.25) is 12.2 Å². The van der Waals surface area contributed by atoms with E-state index in [2.05, 4.69) is 5.32 Å². The number of hydrogen-bond donors (Lipinski definition) is 2. The Morgan fingerprint density at radius 2 is 1.48 bits per heavy atom. The maximum atomic E-state index is 11.9. The third kappa shape index (κ3) is 7.45. The van der Waals surface area contributed by atoms with Crippen LogP contribution >= 0.6 is 0 Å². The molecular weight excluding hydrogens is 442 g/mol. The molecule has 1 aliphatic heterocycles. The number of carboxylic acid groups (broad SMARTS) is 1. The minimum Gasteiger partial charge on any atom is -0.478 e. The molecule has 0 aromatic heterocycles. The van der Waals surface area contributed by atoms with Gasteiger partial charge in [-0.3, -0.25) is 19.2 Å². The quantitative estimate of drug-likeness (QED) is 0.402. The second-order valence-corrected chi connectivity index (χ2v) is 7.17. The summed E-state index contributed by atoms with van der Waals surface area (Å²) >= 11 is 0. The smallest absolute Gasteiger partial charge is 0.335 e. The van der Waals surface area contributed by atoms with Crippen molar-refractivity contribution in [1.82, 2.24) is 5.32 Å². The predicted molar refractivity (Wildman–Crippen MR) is 108 cm³/mol. The van der Waals surface area contributed by atoms with E-state index in [9.17, 15) is 24.0 Å². The van der Waals surface area contributed by atoms with Gasteiger partial charge in [-0.05, 0) is 24.3 Å². The van der Waals surface area contributed by atoms with Crippen LogP contribution in [0.1, 0.15) is 38.1 Å². The fraction of sp³-hybridized carbons (Fsp3) is 0.476. The van der Waals surface area contributed by atoms with Crippen molar-refractivity contribution in [1.29, 1.82) is 0 Å². The molecule has 1 aromatic carbocycles. The minimum absolute atomic E-state index is 0.0192. The second-order valence-electron chi connectivity index (χ2n) is 7.17. The van der Waals surface area contributed by atoms with Gasteiger partial charge in [-0.25, -0.2) is 4.79 Å². The summed E-state index contributed by atoms with van der Waals surface area (Å²) in [7, 11) is 0. The van der Waals surface area contributed by atoms with Crippen molar-refractivity contribution in [3.63, 3.8) is 0 Å². The van der Waals surface area contributed by atoms with E-state index < -0.39 is 60.4 Å². The molecule has 1 heterocycles. The number of carbonyl (C=O) groups is 5. The molecule has 0 aliphatic carbocycles. The van der Waals surface area contributed by atoms with E-state index in [4.69, 9.17) is 28.8 Å². The van der Waals surface area contributed by atoms with Crippen LogP contribution in [-0.2, 0) is 38.1 Å². The fourth-order valence-electron chi connectivity index (χ4n) is 3.20. The van der Waals surface area contributed by atoms with Gasteiger partial charge in [-0.1, -0.05) is 0 Å². The first-order valence-electron chi connectivity index (χ1n) is 9.88. The van der Waals surface area contributed by atoms with Crippen molar-refractivity contribution in [3.8, 4) is 5.75 Å². The zero-order valence-electron chi connectivity index (χ0n) is 18.4. The molecule has 1 aromatic rings. The molecule has 5 atom stereocenters. The zero-order valence-corrected chi connectivity index (χ0v) is 18.4. The molecule has 0 bridgehead atoms. The summed E-state index contributed by atoms with van der Waals surface area (Å²) in [4.78, 5) is 57.8. The maximum Gasteiger partial charge on any atom is 0.335 e. The topological polar surface area (TPSA) is 164 Å². The van der Waals surface area contributed by atoms with Crippen LogP contribution in [-0.4, -0.2) is 72.1 Å². The Morgan fingerprint density at radius 1 is 0.909 bits per heavy atom. The van der Waals surface area contributed by atoms with E-state index in [0.29, 0.717) is 0 Å². The maximum absolute atomic E-state index is 11.9. The van der Waals surface area contributed by atoms with Crippen molar-refractivity contribution in [2.45, 2.75) is 58.3 Å². The first-order valence-corrected chi connectivity index (χ1v) is 9.88. The molecule has 1 fully saturated rings. The molecule has 2 N–H and O–H groups in total. The molecule has 33 heavy (non-hydrogen) atoms. The lowest BCUT2D eigenvalue weighted by Crippen LogP contribution is -2.67. The van der Waals surface area contributed by atoms with E-state index in [-0.39, 0.29) is 17.9 Å². The highest BCUT2D eigenvalue weighted by molar-refractivity contribution is 5.87. The lowest BCUT2D eigenvalue weighted by atomic mass is 9.96. The second kappa shape index (κ2) is 11.3. The number of esters is 3. The van der Waals surface area contributed by atoms with Crippen LogP contribution in [0, 0.1) is 0 Å². The number of ether oxygens (including phenoxy) is 5. The molecule has 1 saturated heterocycles. The average Bonchev–Trinajstić information content (AvgIpc) is 2.70. The molecule has 2 rings (SSSR count). The number of carbonyl (C=O) groups excluding carboxylic acids is 4. The molecule has 1 aliphatic rings. The van der Waals surface area contributed by atoms with Crippen LogP contribution in [0.5, 0.6) is 5.75 Å². The summed E-state index contributed by atoms with van der Waals surface area (Å²) in [5.74, 6) is -3.55. The van der Waals surface area contributed by atoms with Gasteiger partial charge in [0.1, 0.15) is 24.5 Å². The summed E-state index contributed by atoms with van der Waals surface area (Å²) in [5.41, 5.74) is 0.0192. The summed E-state index contributed by atoms with van der Waals surface area (Å²) in [6.45, 7) is 4.29. The highest BCUT2D eigenvalue weighted by Crippen LogP contribution is 2.29. The van der Waals surface area contributed by atoms with E-state index in [1.54, 1.807) is 0 Å². The Kier molecular flexibility index (Phi) is 8.74. The Morgan fingerprint density at radius 3 is 1.97 bits per heavy atom. The van der Waals surface area contributed by atoms with Crippen molar-refractivity contribution in [2.24, 2.45) is 0 Å². The number of nitrogens with one attached hydrogen (secondary N) is 1. The third-order valence-electron chi connectivity index (χ3n) is 4.42. The highest BCUT2D eigenvalue weighted by Gasteiger charge is 2.51. The molecular formula is C21H25NO11. The van der Waals surface area contributed by atoms with Crippen molar-refractivity contribution in [2.75, 3.05) is 6.61 Å². The fourth-order valence-corrected chi connectivity index (χ4v) is 3.20. The minimum atomic E-state index is -1.29. The first kappa shape index (κ1) is 25.6. The lowest BCUT2D eigenvalue weighted by molar-refractivity contribution is -0.257. The summed E-state index contributed by atoms with van der Waals surface area (Å²) in [6.07, 6.45) is -4.90. The van der Waals surface area contributed by atoms with Crippen molar-refractivity contribution in [3.05, 3.63) is 29.8 Å². The predicted octanol–water partition coefficient (Wildman–Crippen LogP) is 0.420. The van der Waals surface area contributed by atoms with Gasteiger partial charge in [-0.15, -0.1) is 0 Å². The molecule has 0 spiro atoms. The largest absolute Gasteiger partial charge is 0.478 e. The van der Waals surface area contributed by atoms with Crippen LogP contribution in [0.25, 0.3) is 0 Å². The highest BCUT2D eigenvalue weighted by atomic mass is 16.7. The van der Waals surface area contributed by atoms with Crippen LogP contribution in [0.15, 0.2) is 24.3 Å². The summed E-state index contributed by atoms with van der Waals surface area (Å²) in [6, 6.07) is 4.21. The zero-order chi connectivity index (χ0) is 24.7. The van der Waals surface area contributed by atoms with Crippen LogP contribution in [0.3, 0.4) is 0 Å². The van der Waals surface area contributed by atoms with Gasteiger partial charge >= 0.3 is 23.9 Å². The molecule has 0 radical (unpaired) electrons. The van der Waals surface area contributed by atoms with Crippen molar-refractivity contribution < 1.29 is 52.8 Å². The first-order chi connectivity index (χ1) is 15.5. The molecule has 0 unspecified atom stereocenters. The average molecular weight is 467 g/mol. The van der Waals surface area contributed by atoms with E-state index in [1.165, 1.54) is 38.1 Å². The summed E-state index contributed by atoms with van der Waals surface area (Å²) in [5, 5.41) is 11.6. The van der Waals surface area contributed by atoms with Gasteiger partial charge in [0.25, 0.3) is 0 Å². The van der Waals surface area contributed by atoms with Gasteiger partial charge in [0.15, 0.2) is 12.2 Å². The summed E-state index contributed by atoms with van der Waals surface area (Å²) < 4.78 is 27.3. The number of hydrogen-bond acceptors (Lipinski definition) is 10. The Hall–Kier alpha value is -3.67. The standard InChI is InChI=1S/C21H25NO11/c1-10(23)22-17-19(31-13(4)26)18(30-12(3)25)16(9-29-11(2)24)33-21(17)32-15-7-5-14(6-8-15)20(27)28/h5-8,16-19,21H,9H2,1-4H3,(H,22,23)(H,27,28)/t16-,17-,18+,19+,21+/m0/s1. The SMILES string of the molecule is CC(=O)N[C@@H]1[C@H](Oc2ccc(C(=O)O)cc2)O[C@@H](COC(C)=O)[C@@H](OC(C)=O)[C@@H]1OC(C)=O. The molecule has 0 saturated carbocycles. The third-order valence-corrected chi connectivity index (χ3v) is 4.42. The number of benzene rings is 1. The van der Waals surface area contributed by atoms with Gasteiger partial charge in [0.05, 0.1) is 5.56 Å². The molecule has 180 valence electrons. The Bertz CT molecular complexity index is 898. The number of aromatic carboxylic acids is 1. The molecule has 12 heteroatoms. The number of rotatable bonds is 8. The Labute approximate surface area is 189 Å². The monoisotopic (exact) mass is 467 g/mol. The molecule has 1 amide bonds. The van der Waals surface area contributed by atoms with Gasteiger partial charge < -0.3 is 34.1 Å². The Balaban J connectivity index is 2.43. The van der Waals surface area contributed by atoms with E-state index >= 15 is 0 Å². The van der Waals surface area contributed by atoms with E-state index in [1.807, 2.05) is 0 Å². The van der Waals surface area contributed by atoms with Crippen LogP contribution in [0.4, 0.5) is 0 Å². The number of carboxylic acids is 1. The van der Waals surface area contributed by atoms with Gasteiger partial charge in [0, 0.05) is 27.7 Å². The van der Waals surface area contributed by atoms with E-state index in [0.717, 1.165) is 13.8 Å². The number of amides is 1. The molecule has 12 nitrogen and oxygen atoms in total. The van der Waals surface area contributed by atoms with Crippen LogP contribution < -0.4 is 10.1 Å².